The van der Waals surface area contributed by atoms with Crippen LogP contribution in [0.1, 0.15) is 0 Å². The summed E-state index contributed by atoms with van der Waals surface area (Å²) in [5.41, 5.74) is 0.215. The molecule has 0 radical (unpaired) electrons. The smallest absolute Gasteiger partial charge is 0.214 e. The number of halogens is 3. The first-order valence-corrected chi connectivity index (χ1v) is 4.77. The first kappa shape index (κ1) is 9.61. The first-order chi connectivity index (χ1) is 6.70. The third-order valence-corrected chi connectivity index (χ3v) is 2.90. The molecule has 0 atom stereocenters. The predicted octanol–water partition coefficient (Wildman–Crippen LogP) is 3.29. The lowest BCUT2D eigenvalue weighted by atomic mass is 10.2. The zero-order valence-corrected chi connectivity index (χ0v) is 9.01. The van der Waals surface area contributed by atoms with Crippen molar-refractivity contribution in [1.29, 1.82) is 0 Å². The predicted molar refractivity (Wildman–Crippen MR) is 52.4 cm³/mol. The summed E-state index contributed by atoms with van der Waals surface area (Å²) >= 11 is 8.80. The molecule has 2 rings (SSSR count). The molecular weight excluding hydrogens is 274 g/mol. The molecule has 0 fully saturated rings. The minimum Gasteiger partial charge on any atom is -0.342 e. The van der Waals surface area contributed by atoms with Crippen LogP contribution in [0.2, 0.25) is 5.02 Å². The van der Waals surface area contributed by atoms with Crippen molar-refractivity contribution in [2.24, 2.45) is 0 Å². The van der Waals surface area contributed by atoms with Crippen LogP contribution in [0.5, 0.6) is 0 Å². The van der Waals surface area contributed by atoms with Crippen molar-refractivity contribution in [2.75, 3.05) is 0 Å². The highest BCUT2D eigenvalue weighted by molar-refractivity contribution is 9.10. The summed E-state index contributed by atoms with van der Waals surface area (Å²) < 4.78 is 18.5. The van der Waals surface area contributed by atoms with Gasteiger partial charge in [0, 0.05) is 4.47 Å². The molecule has 14 heavy (non-hydrogen) atoms. The van der Waals surface area contributed by atoms with E-state index in [0.29, 0.717) is 4.47 Å². The van der Waals surface area contributed by atoms with Crippen LogP contribution in [0, 0.1) is 5.82 Å². The van der Waals surface area contributed by atoms with E-state index < -0.39 is 5.82 Å². The lowest BCUT2D eigenvalue weighted by Gasteiger charge is -2.01. The normalized spacial score (nSPS) is 10.5. The van der Waals surface area contributed by atoms with Gasteiger partial charge >= 0.3 is 0 Å². The molecule has 0 saturated carbocycles. The van der Waals surface area contributed by atoms with E-state index in [1.165, 1.54) is 6.07 Å². The summed E-state index contributed by atoms with van der Waals surface area (Å²) in [6.45, 7) is 0. The Balaban J connectivity index is 2.61. The topological polar surface area (TPSA) is 38.9 Å². The fourth-order valence-electron chi connectivity index (χ4n) is 0.988. The van der Waals surface area contributed by atoms with E-state index in [0.717, 1.165) is 6.39 Å². The Hall–Kier alpha value is -0.940. The van der Waals surface area contributed by atoms with Gasteiger partial charge in [-0.05, 0) is 28.1 Å². The quantitative estimate of drug-likeness (QED) is 0.751. The first-order valence-electron chi connectivity index (χ1n) is 3.60. The Morgan fingerprint density at radius 2 is 2.21 bits per heavy atom. The maximum Gasteiger partial charge on any atom is 0.214 e. The van der Waals surface area contributed by atoms with Crippen molar-refractivity contribution < 1.29 is 8.91 Å². The van der Waals surface area contributed by atoms with Crippen LogP contribution in [-0.2, 0) is 0 Å². The zero-order valence-electron chi connectivity index (χ0n) is 6.67. The van der Waals surface area contributed by atoms with Crippen LogP contribution in [0.25, 0.3) is 11.4 Å². The second-order valence-electron chi connectivity index (χ2n) is 2.48. The lowest BCUT2D eigenvalue weighted by molar-refractivity contribution is 0.418. The molecule has 0 spiro atoms. The van der Waals surface area contributed by atoms with Gasteiger partial charge < -0.3 is 4.52 Å². The second kappa shape index (κ2) is 3.67. The molecule has 0 bridgehead atoms. The molecule has 0 unspecified atom stereocenters. The van der Waals surface area contributed by atoms with Crippen LogP contribution in [-0.4, -0.2) is 10.1 Å². The standard InChI is InChI=1S/C8H3BrClFN2O/c9-5-2-1-4(7(11)6(5)10)8-12-3-14-13-8/h1-3H. The van der Waals surface area contributed by atoms with E-state index in [9.17, 15) is 4.39 Å². The van der Waals surface area contributed by atoms with Crippen molar-refractivity contribution in [3.63, 3.8) is 0 Å². The van der Waals surface area contributed by atoms with Crippen LogP contribution < -0.4 is 0 Å². The Kier molecular flexibility index (Phi) is 2.52. The van der Waals surface area contributed by atoms with E-state index in [1.54, 1.807) is 6.07 Å². The van der Waals surface area contributed by atoms with Gasteiger partial charge in [-0.1, -0.05) is 16.8 Å². The fourth-order valence-corrected chi connectivity index (χ4v) is 1.46. The number of hydrogen-bond donors (Lipinski definition) is 0. The lowest BCUT2D eigenvalue weighted by Crippen LogP contribution is -1.88. The minimum absolute atomic E-state index is 0.00676. The SMILES string of the molecule is Fc1c(-c2ncon2)ccc(Br)c1Cl. The molecular formula is C8H3BrClFN2O. The van der Waals surface area contributed by atoms with Gasteiger partial charge in [-0.2, -0.15) is 4.98 Å². The summed E-state index contributed by atoms with van der Waals surface area (Å²) in [6.07, 6.45) is 1.13. The van der Waals surface area contributed by atoms with E-state index in [4.69, 9.17) is 11.6 Å². The molecule has 0 aliphatic heterocycles. The van der Waals surface area contributed by atoms with E-state index in [-0.39, 0.29) is 16.4 Å². The summed E-state index contributed by atoms with van der Waals surface area (Å²) in [4.78, 5) is 3.73. The third kappa shape index (κ3) is 1.53. The highest BCUT2D eigenvalue weighted by atomic mass is 79.9. The summed E-state index contributed by atoms with van der Waals surface area (Å²) in [6, 6.07) is 3.15. The average Bonchev–Trinajstić information content (AvgIpc) is 2.67. The Morgan fingerprint density at radius 3 is 2.86 bits per heavy atom. The van der Waals surface area contributed by atoms with Crippen molar-refractivity contribution in [1.82, 2.24) is 10.1 Å². The third-order valence-electron chi connectivity index (χ3n) is 1.64. The molecule has 1 heterocycles. The van der Waals surface area contributed by atoms with Gasteiger partial charge in [-0.25, -0.2) is 4.39 Å². The van der Waals surface area contributed by atoms with E-state index >= 15 is 0 Å². The Morgan fingerprint density at radius 1 is 1.43 bits per heavy atom. The highest BCUT2D eigenvalue weighted by Gasteiger charge is 2.14. The molecule has 0 aliphatic rings. The Bertz CT molecular complexity index is 461. The zero-order chi connectivity index (χ0) is 10.1. The molecule has 1 aromatic carbocycles. The molecule has 0 amide bonds. The number of nitrogens with zero attached hydrogens (tertiary/aromatic N) is 2. The van der Waals surface area contributed by atoms with Crippen LogP contribution in [0.15, 0.2) is 27.5 Å². The largest absolute Gasteiger partial charge is 0.342 e. The maximum absolute atomic E-state index is 13.5. The summed E-state index contributed by atoms with van der Waals surface area (Å²) in [5, 5.41) is 3.52. The van der Waals surface area contributed by atoms with Gasteiger partial charge in [0.1, 0.15) is 0 Å². The molecule has 0 N–H and O–H groups in total. The molecule has 1 aromatic heterocycles. The Labute approximate surface area is 92.0 Å². The summed E-state index contributed by atoms with van der Waals surface area (Å²) in [5.74, 6) is -0.389. The average molecular weight is 277 g/mol. The molecule has 72 valence electrons. The molecule has 0 saturated heterocycles. The monoisotopic (exact) mass is 276 g/mol. The van der Waals surface area contributed by atoms with Crippen molar-refractivity contribution in [2.45, 2.75) is 0 Å². The second-order valence-corrected chi connectivity index (χ2v) is 3.71. The highest BCUT2D eigenvalue weighted by Crippen LogP contribution is 2.31. The van der Waals surface area contributed by atoms with Crippen LogP contribution >= 0.6 is 27.5 Å². The molecule has 2 aromatic rings. The molecule has 3 nitrogen and oxygen atoms in total. The van der Waals surface area contributed by atoms with Crippen molar-refractivity contribution in [3.05, 3.63) is 33.8 Å². The van der Waals surface area contributed by atoms with Gasteiger partial charge in [0.05, 0.1) is 10.6 Å². The number of rotatable bonds is 1. The van der Waals surface area contributed by atoms with Crippen molar-refractivity contribution >= 4 is 27.5 Å². The number of hydrogen-bond acceptors (Lipinski definition) is 3. The van der Waals surface area contributed by atoms with E-state index in [1.807, 2.05) is 0 Å². The van der Waals surface area contributed by atoms with Gasteiger partial charge in [0.15, 0.2) is 5.82 Å². The maximum atomic E-state index is 13.5. The van der Waals surface area contributed by atoms with Crippen LogP contribution in [0.3, 0.4) is 0 Å². The van der Waals surface area contributed by atoms with Gasteiger partial charge in [-0.15, -0.1) is 0 Å². The number of benzene rings is 1. The molecule has 6 heteroatoms. The number of aromatic nitrogens is 2. The van der Waals surface area contributed by atoms with Gasteiger partial charge in [-0.3, -0.25) is 0 Å². The fraction of sp³-hybridized carbons (Fsp3) is 0. The minimum atomic E-state index is -0.567. The molecule has 0 aliphatic carbocycles. The van der Waals surface area contributed by atoms with Crippen molar-refractivity contribution in [3.8, 4) is 11.4 Å². The van der Waals surface area contributed by atoms with Crippen LogP contribution in [0.4, 0.5) is 4.39 Å². The van der Waals surface area contributed by atoms with Gasteiger partial charge in [0.25, 0.3) is 0 Å². The van der Waals surface area contributed by atoms with E-state index in [2.05, 4.69) is 30.6 Å². The summed E-state index contributed by atoms with van der Waals surface area (Å²) in [7, 11) is 0. The van der Waals surface area contributed by atoms with Gasteiger partial charge in [0.2, 0.25) is 12.2 Å².